The second-order valence-corrected chi connectivity index (χ2v) is 3.45. The molecule has 0 unspecified atom stereocenters. The molecule has 0 heterocycles. The molecule has 1 rings (SSSR count). The minimum atomic E-state index is -0.0386. The maximum atomic E-state index is 11.0. The number of benzene rings is 1. The molecular weight excluding hydrogens is 209 g/mol. The van der Waals surface area contributed by atoms with E-state index >= 15 is 0 Å². The van der Waals surface area contributed by atoms with Crippen LogP contribution in [0.1, 0.15) is 5.56 Å². The van der Waals surface area contributed by atoms with Crippen molar-refractivity contribution in [1.82, 2.24) is 0 Å². The van der Waals surface area contributed by atoms with Crippen LogP contribution < -0.4 is 5.73 Å². The summed E-state index contributed by atoms with van der Waals surface area (Å²) >= 11 is 11.1. The molecular formula is C9H9Cl2NO. The maximum absolute atomic E-state index is 11.0. The van der Waals surface area contributed by atoms with Crippen LogP contribution in [0.15, 0.2) is 18.2 Å². The Kier molecular flexibility index (Phi) is 3.58. The lowest BCUT2D eigenvalue weighted by Crippen LogP contribution is -2.04. The molecule has 0 aliphatic heterocycles. The van der Waals surface area contributed by atoms with Crippen molar-refractivity contribution in [2.45, 2.75) is 6.42 Å². The predicted octanol–water partition coefficient (Wildman–Crippen LogP) is 2.27. The summed E-state index contributed by atoms with van der Waals surface area (Å²) in [6.07, 6.45) is 0.286. The number of hydrogen-bond acceptors (Lipinski definition) is 2. The lowest BCUT2D eigenvalue weighted by molar-refractivity contribution is -0.116. The van der Waals surface area contributed by atoms with Gasteiger partial charge in [0.2, 0.25) is 0 Å². The topological polar surface area (TPSA) is 43.1 Å². The predicted molar refractivity (Wildman–Crippen MR) is 55.3 cm³/mol. The van der Waals surface area contributed by atoms with Crippen LogP contribution in [-0.4, -0.2) is 11.7 Å². The molecule has 1 aromatic carbocycles. The number of halogens is 2. The van der Waals surface area contributed by atoms with Crippen LogP contribution in [0.4, 0.5) is 5.69 Å². The maximum Gasteiger partial charge on any atom is 0.151 e. The standard InChI is InChI=1S/C9H9Cl2NO/c10-5-9(13)3-6-1-7(11)4-8(12)2-6/h1-2,4H,3,5,12H2. The largest absolute Gasteiger partial charge is 0.399 e. The number of ketones is 1. The van der Waals surface area contributed by atoms with Gasteiger partial charge in [-0.15, -0.1) is 11.6 Å². The lowest BCUT2D eigenvalue weighted by atomic mass is 10.1. The van der Waals surface area contributed by atoms with Crippen molar-refractivity contribution in [2.75, 3.05) is 11.6 Å². The van der Waals surface area contributed by atoms with Gasteiger partial charge in [0.05, 0.1) is 5.88 Å². The summed E-state index contributed by atoms with van der Waals surface area (Å²) in [5.41, 5.74) is 6.91. The van der Waals surface area contributed by atoms with Gasteiger partial charge in [0.1, 0.15) is 0 Å². The lowest BCUT2D eigenvalue weighted by Gasteiger charge is -2.01. The molecule has 0 amide bonds. The summed E-state index contributed by atoms with van der Waals surface area (Å²) in [5, 5.41) is 0.539. The van der Waals surface area contributed by atoms with Crippen LogP contribution in [0.25, 0.3) is 0 Å². The number of nitrogens with two attached hydrogens (primary N) is 1. The number of Topliss-reactive ketones (excluding diaryl/α,β-unsaturated/α-hetero) is 1. The Labute approximate surface area is 86.6 Å². The van der Waals surface area contributed by atoms with E-state index < -0.39 is 0 Å². The second kappa shape index (κ2) is 4.49. The highest BCUT2D eigenvalue weighted by Gasteiger charge is 2.03. The number of nitrogen functional groups attached to an aromatic ring is 1. The summed E-state index contributed by atoms with van der Waals surface area (Å²) in [6, 6.07) is 5.06. The normalized spacial score (nSPS) is 10.0. The molecule has 0 saturated carbocycles. The summed E-state index contributed by atoms with van der Waals surface area (Å²) < 4.78 is 0. The Morgan fingerprint density at radius 2 is 2.08 bits per heavy atom. The average molecular weight is 218 g/mol. The van der Waals surface area contributed by atoms with Crippen LogP contribution in [0, 0.1) is 0 Å². The van der Waals surface area contributed by atoms with E-state index in [0.29, 0.717) is 10.7 Å². The number of carbonyl (C=O) groups is 1. The molecule has 70 valence electrons. The van der Waals surface area contributed by atoms with E-state index in [1.807, 2.05) is 0 Å². The first-order chi connectivity index (χ1) is 6.11. The molecule has 0 bridgehead atoms. The van der Waals surface area contributed by atoms with Crippen LogP contribution in [0.5, 0.6) is 0 Å². The minimum Gasteiger partial charge on any atom is -0.399 e. The molecule has 1 aromatic rings. The van der Waals surface area contributed by atoms with E-state index in [4.69, 9.17) is 28.9 Å². The zero-order valence-corrected chi connectivity index (χ0v) is 8.40. The Morgan fingerprint density at radius 3 is 2.62 bits per heavy atom. The van der Waals surface area contributed by atoms with Gasteiger partial charge in [-0.25, -0.2) is 0 Å². The van der Waals surface area contributed by atoms with Crippen LogP contribution in [0.2, 0.25) is 5.02 Å². The van der Waals surface area contributed by atoms with Crippen molar-refractivity contribution in [3.05, 3.63) is 28.8 Å². The molecule has 0 aromatic heterocycles. The average Bonchev–Trinajstić information content (AvgIpc) is 2.02. The highest BCUT2D eigenvalue weighted by Crippen LogP contribution is 2.17. The molecule has 0 radical (unpaired) electrons. The molecule has 0 atom stereocenters. The number of carbonyl (C=O) groups excluding carboxylic acids is 1. The van der Waals surface area contributed by atoms with E-state index in [1.54, 1.807) is 18.2 Å². The van der Waals surface area contributed by atoms with Crippen LogP contribution in [0.3, 0.4) is 0 Å². The van der Waals surface area contributed by atoms with Gasteiger partial charge in [-0.3, -0.25) is 4.79 Å². The molecule has 4 heteroatoms. The summed E-state index contributed by atoms with van der Waals surface area (Å²) in [5.74, 6) is -0.0183. The molecule has 0 spiro atoms. The first-order valence-electron chi connectivity index (χ1n) is 3.74. The molecule has 2 N–H and O–H groups in total. The Morgan fingerprint density at radius 1 is 1.38 bits per heavy atom. The molecule has 0 aliphatic rings. The van der Waals surface area contributed by atoms with Gasteiger partial charge in [-0.05, 0) is 23.8 Å². The third-order valence-corrected chi connectivity index (χ3v) is 2.05. The molecule has 0 aliphatic carbocycles. The zero-order chi connectivity index (χ0) is 9.84. The van der Waals surface area contributed by atoms with Crippen LogP contribution >= 0.6 is 23.2 Å². The van der Waals surface area contributed by atoms with Gasteiger partial charge < -0.3 is 5.73 Å². The number of hydrogen-bond donors (Lipinski definition) is 1. The fraction of sp³-hybridized carbons (Fsp3) is 0.222. The Balaban J connectivity index is 2.83. The molecule has 2 nitrogen and oxygen atoms in total. The SMILES string of the molecule is Nc1cc(Cl)cc(CC(=O)CCl)c1. The Bertz CT molecular complexity index is 305. The van der Waals surface area contributed by atoms with Crippen molar-refractivity contribution in [1.29, 1.82) is 0 Å². The molecule has 13 heavy (non-hydrogen) atoms. The summed E-state index contributed by atoms with van der Waals surface area (Å²) in [6.45, 7) is 0. The van der Waals surface area contributed by atoms with Crippen molar-refractivity contribution in [3.63, 3.8) is 0 Å². The monoisotopic (exact) mass is 217 g/mol. The second-order valence-electron chi connectivity index (χ2n) is 2.74. The molecule has 0 saturated heterocycles. The van der Waals surface area contributed by atoms with Gasteiger partial charge >= 0.3 is 0 Å². The summed E-state index contributed by atoms with van der Waals surface area (Å²) in [4.78, 5) is 11.0. The van der Waals surface area contributed by atoms with Crippen LogP contribution in [-0.2, 0) is 11.2 Å². The van der Waals surface area contributed by atoms with Crippen molar-refractivity contribution in [3.8, 4) is 0 Å². The first kappa shape index (κ1) is 10.4. The van der Waals surface area contributed by atoms with Crippen molar-refractivity contribution in [2.24, 2.45) is 0 Å². The number of alkyl halides is 1. The van der Waals surface area contributed by atoms with E-state index in [1.165, 1.54) is 0 Å². The van der Waals surface area contributed by atoms with Gasteiger partial charge in [0, 0.05) is 17.1 Å². The third kappa shape index (κ3) is 3.25. The fourth-order valence-electron chi connectivity index (χ4n) is 1.05. The van der Waals surface area contributed by atoms with Gasteiger partial charge in [0.15, 0.2) is 5.78 Å². The summed E-state index contributed by atoms with van der Waals surface area (Å²) in [7, 11) is 0. The van der Waals surface area contributed by atoms with Crippen molar-refractivity contribution < 1.29 is 4.79 Å². The number of rotatable bonds is 3. The molecule has 0 fully saturated rings. The van der Waals surface area contributed by atoms with Crippen molar-refractivity contribution >= 4 is 34.7 Å². The zero-order valence-electron chi connectivity index (χ0n) is 6.89. The van der Waals surface area contributed by atoms with E-state index in [2.05, 4.69) is 0 Å². The van der Waals surface area contributed by atoms with E-state index in [9.17, 15) is 4.79 Å². The van der Waals surface area contributed by atoms with Gasteiger partial charge in [0.25, 0.3) is 0 Å². The first-order valence-corrected chi connectivity index (χ1v) is 4.65. The number of anilines is 1. The highest BCUT2D eigenvalue weighted by atomic mass is 35.5. The van der Waals surface area contributed by atoms with Gasteiger partial charge in [-0.2, -0.15) is 0 Å². The minimum absolute atomic E-state index is 0.0203. The van der Waals surface area contributed by atoms with E-state index in [-0.39, 0.29) is 18.1 Å². The highest BCUT2D eigenvalue weighted by molar-refractivity contribution is 6.31. The van der Waals surface area contributed by atoms with Gasteiger partial charge in [-0.1, -0.05) is 11.6 Å². The van der Waals surface area contributed by atoms with E-state index in [0.717, 1.165) is 5.56 Å². The smallest absolute Gasteiger partial charge is 0.151 e. The Hall–Kier alpha value is -0.730. The fourth-order valence-corrected chi connectivity index (χ4v) is 1.41. The quantitative estimate of drug-likeness (QED) is 0.624. The third-order valence-electron chi connectivity index (χ3n) is 1.53.